The number of nitro groups is 1. The van der Waals surface area contributed by atoms with Gasteiger partial charge in [-0.15, -0.1) is 0 Å². The third-order valence-corrected chi connectivity index (χ3v) is 4.02. The molecule has 0 spiro atoms. The molecule has 22 heavy (non-hydrogen) atoms. The van der Waals surface area contributed by atoms with Crippen LogP contribution in [-0.2, 0) is 6.54 Å². The lowest BCUT2D eigenvalue weighted by molar-refractivity contribution is -0.385. The second kappa shape index (κ2) is 7.14. The van der Waals surface area contributed by atoms with E-state index in [1.54, 1.807) is 12.1 Å². The Hall–Kier alpha value is -1.55. The summed E-state index contributed by atoms with van der Waals surface area (Å²) in [4.78, 5) is 22.4. The highest BCUT2D eigenvalue weighted by Crippen LogP contribution is 2.23. The van der Waals surface area contributed by atoms with Crippen LogP contribution >= 0.6 is 38.5 Å². The monoisotopic (exact) mass is 478 g/mol. The molecule has 0 aliphatic carbocycles. The number of halogens is 3. The lowest BCUT2D eigenvalue weighted by atomic mass is 10.1. The summed E-state index contributed by atoms with van der Waals surface area (Å²) in [6.07, 6.45) is 0. The molecule has 0 atom stereocenters. The van der Waals surface area contributed by atoms with Crippen molar-refractivity contribution in [1.82, 2.24) is 5.32 Å². The Morgan fingerprint density at radius 3 is 2.68 bits per heavy atom. The molecular weight excluding hydrogens is 470 g/mol. The SMILES string of the molecule is O=C(NCc1ccc(I)cc1F)c1ccc(Br)cc1[N+](=O)[O-]. The number of nitrogens with zero attached hydrogens (tertiary/aromatic N) is 1. The normalized spacial score (nSPS) is 10.3. The molecule has 8 heteroatoms. The van der Waals surface area contributed by atoms with Gasteiger partial charge < -0.3 is 5.32 Å². The van der Waals surface area contributed by atoms with Crippen molar-refractivity contribution in [3.05, 3.63) is 71.5 Å². The zero-order chi connectivity index (χ0) is 16.3. The van der Waals surface area contributed by atoms with Crippen molar-refractivity contribution < 1.29 is 14.1 Å². The van der Waals surface area contributed by atoms with Crippen LogP contribution in [0, 0.1) is 19.5 Å². The van der Waals surface area contributed by atoms with Gasteiger partial charge in [0.05, 0.1) is 4.92 Å². The summed E-state index contributed by atoms with van der Waals surface area (Å²) in [7, 11) is 0. The van der Waals surface area contributed by atoms with Gasteiger partial charge in [0.1, 0.15) is 11.4 Å². The van der Waals surface area contributed by atoms with E-state index in [0.29, 0.717) is 10.0 Å². The van der Waals surface area contributed by atoms with Crippen LogP contribution in [0.1, 0.15) is 15.9 Å². The van der Waals surface area contributed by atoms with Gasteiger partial charge in [0.15, 0.2) is 0 Å². The molecule has 5 nitrogen and oxygen atoms in total. The number of nitrogens with one attached hydrogen (secondary N) is 1. The molecule has 114 valence electrons. The number of nitro benzene ring substituents is 1. The molecule has 0 fully saturated rings. The fourth-order valence-electron chi connectivity index (χ4n) is 1.78. The lowest BCUT2D eigenvalue weighted by Crippen LogP contribution is -2.24. The fraction of sp³-hybridized carbons (Fsp3) is 0.0714. The molecule has 1 amide bonds. The second-order valence-electron chi connectivity index (χ2n) is 4.34. The molecule has 0 saturated heterocycles. The maximum Gasteiger partial charge on any atom is 0.283 e. The number of carbonyl (C=O) groups is 1. The van der Waals surface area contributed by atoms with Crippen LogP contribution in [0.15, 0.2) is 40.9 Å². The van der Waals surface area contributed by atoms with Crippen LogP contribution < -0.4 is 5.32 Å². The van der Waals surface area contributed by atoms with Crippen molar-refractivity contribution in [2.24, 2.45) is 0 Å². The van der Waals surface area contributed by atoms with Crippen molar-refractivity contribution in [3.8, 4) is 0 Å². The number of hydrogen-bond acceptors (Lipinski definition) is 3. The van der Waals surface area contributed by atoms with Crippen molar-refractivity contribution in [3.63, 3.8) is 0 Å². The molecule has 0 aliphatic rings. The third kappa shape index (κ3) is 4.01. The molecule has 2 aromatic carbocycles. The number of amides is 1. The quantitative estimate of drug-likeness (QED) is 0.409. The van der Waals surface area contributed by atoms with E-state index in [1.165, 1.54) is 24.3 Å². The molecule has 0 aromatic heterocycles. The summed E-state index contributed by atoms with van der Waals surface area (Å²) in [5.74, 6) is -1.06. The van der Waals surface area contributed by atoms with E-state index in [9.17, 15) is 19.3 Å². The summed E-state index contributed by atoms with van der Waals surface area (Å²) in [5, 5.41) is 13.5. The number of hydrogen-bond donors (Lipinski definition) is 1. The van der Waals surface area contributed by atoms with Crippen molar-refractivity contribution in [2.45, 2.75) is 6.54 Å². The van der Waals surface area contributed by atoms with Gasteiger partial charge in [-0.25, -0.2) is 4.39 Å². The number of carbonyl (C=O) groups excluding carboxylic acids is 1. The van der Waals surface area contributed by atoms with Gasteiger partial charge in [-0.1, -0.05) is 22.0 Å². The standard InChI is InChI=1S/C14H9BrFIN2O3/c15-9-2-4-11(13(5-9)19(21)22)14(20)18-7-8-1-3-10(17)6-12(8)16/h1-6H,7H2,(H,18,20). The molecule has 0 heterocycles. The van der Waals surface area contributed by atoms with Gasteiger partial charge >= 0.3 is 0 Å². The average Bonchev–Trinajstić information content (AvgIpc) is 2.45. The van der Waals surface area contributed by atoms with E-state index in [2.05, 4.69) is 21.2 Å². The molecule has 0 aliphatic heterocycles. The maximum absolute atomic E-state index is 13.7. The first-order valence-electron chi connectivity index (χ1n) is 6.04. The Morgan fingerprint density at radius 1 is 1.32 bits per heavy atom. The first-order chi connectivity index (χ1) is 10.4. The fourth-order valence-corrected chi connectivity index (χ4v) is 2.59. The van der Waals surface area contributed by atoms with Crippen molar-refractivity contribution in [2.75, 3.05) is 0 Å². The predicted octanol–water partition coefficient (Wildman–Crippen LogP) is 4.03. The molecule has 0 radical (unpaired) electrons. The topological polar surface area (TPSA) is 72.2 Å². The Balaban J connectivity index is 2.18. The van der Waals surface area contributed by atoms with Crippen LogP contribution in [0.5, 0.6) is 0 Å². The predicted molar refractivity (Wildman–Crippen MR) is 91.1 cm³/mol. The van der Waals surface area contributed by atoms with Gasteiger partial charge in [-0.3, -0.25) is 14.9 Å². The highest BCUT2D eigenvalue weighted by atomic mass is 127. The van der Waals surface area contributed by atoms with E-state index in [1.807, 2.05) is 22.6 Å². The largest absolute Gasteiger partial charge is 0.348 e. The molecule has 0 bridgehead atoms. The van der Waals surface area contributed by atoms with E-state index in [4.69, 9.17) is 0 Å². The Bertz CT molecular complexity index is 755. The minimum absolute atomic E-state index is 0.0468. The zero-order valence-electron chi connectivity index (χ0n) is 11.0. The molecule has 2 aromatic rings. The molecule has 0 unspecified atom stereocenters. The van der Waals surface area contributed by atoms with Gasteiger partial charge in [0, 0.05) is 26.2 Å². The minimum Gasteiger partial charge on any atom is -0.348 e. The van der Waals surface area contributed by atoms with Crippen LogP contribution in [0.2, 0.25) is 0 Å². The summed E-state index contributed by atoms with van der Waals surface area (Å²) in [6.45, 7) is -0.0468. The summed E-state index contributed by atoms with van der Waals surface area (Å²) < 4.78 is 14.9. The molecule has 1 N–H and O–H groups in total. The van der Waals surface area contributed by atoms with Crippen LogP contribution in [0.25, 0.3) is 0 Å². The minimum atomic E-state index is -0.634. The lowest BCUT2D eigenvalue weighted by Gasteiger charge is -2.07. The first kappa shape index (κ1) is 16.8. The zero-order valence-corrected chi connectivity index (χ0v) is 14.7. The maximum atomic E-state index is 13.7. The van der Waals surface area contributed by atoms with Gasteiger partial charge in [-0.2, -0.15) is 0 Å². The number of rotatable bonds is 4. The first-order valence-corrected chi connectivity index (χ1v) is 7.91. The smallest absolute Gasteiger partial charge is 0.283 e. The van der Waals surface area contributed by atoms with Gasteiger partial charge in [0.2, 0.25) is 0 Å². The van der Waals surface area contributed by atoms with Crippen LogP contribution in [-0.4, -0.2) is 10.8 Å². The van der Waals surface area contributed by atoms with Crippen LogP contribution in [0.3, 0.4) is 0 Å². The Labute approximate surface area is 147 Å². The summed E-state index contributed by atoms with van der Waals surface area (Å²) >= 11 is 5.10. The van der Waals surface area contributed by atoms with Gasteiger partial charge in [-0.05, 0) is 46.9 Å². The Kier molecular flexibility index (Phi) is 5.46. The van der Waals surface area contributed by atoms with Crippen LogP contribution in [0.4, 0.5) is 10.1 Å². The molecule has 0 saturated carbocycles. The summed E-state index contributed by atoms with van der Waals surface area (Å²) in [6, 6.07) is 8.76. The van der Waals surface area contributed by atoms with Crippen molar-refractivity contribution >= 4 is 50.1 Å². The Morgan fingerprint density at radius 2 is 2.05 bits per heavy atom. The average molecular weight is 479 g/mol. The van der Waals surface area contributed by atoms with E-state index in [-0.39, 0.29) is 17.8 Å². The highest BCUT2D eigenvalue weighted by Gasteiger charge is 2.20. The van der Waals surface area contributed by atoms with Gasteiger partial charge in [0.25, 0.3) is 11.6 Å². The van der Waals surface area contributed by atoms with E-state index in [0.717, 1.165) is 3.57 Å². The van der Waals surface area contributed by atoms with Crippen molar-refractivity contribution in [1.29, 1.82) is 0 Å². The number of benzene rings is 2. The molecule has 2 rings (SSSR count). The summed E-state index contributed by atoms with van der Waals surface area (Å²) in [5.41, 5.74) is -0.0670. The second-order valence-corrected chi connectivity index (χ2v) is 6.50. The highest BCUT2D eigenvalue weighted by molar-refractivity contribution is 14.1. The van der Waals surface area contributed by atoms with E-state index < -0.39 is 16.6 Å². The molecular formula is C14H9BrFIN2O3. The van der Waals surface area contributed by atoms with E-state index >= 15 is 0 Å². The third-order valence-electron chi connectivity index (χ3n) is 2.86.